The summed E-state index contributed by atoms with van der Waals surface area (Å²) in [6.07, 6.45) is 0. The minimum absolute atomic E-state index is 0.0780. The van der Waals surface area contributed by atoms with Gasteiger partial charge in [0.1, 0.15) is 6.04 Å². The van der Waals surface area contributed by atoms with Crippen LogP contribution in [0.2, 0.25) is 5.02 Å². The molecular formula is C17H18ClNO4S. The monoisotopic (exact) mass is 367 g/mol. The van der Waals surface area contributed by atoms with Crippen LogP contribution in [-0.4, -0.2) is 21.5 Å². The number of carbonyl (C=O) groups is 1. The molecule has 7 heteroatoms. The van der Waals surface area contributed by atoms with Crippen molar-refractivity contribution in [2.24, 2.45) is 0 Å². The van der Waals surface area contributed by atoms with Crippen LogP contribution in [0.25, 0.3) is 0 Å². The van der Waals surface area contributed by atoms with Crippen molar-refractivity contribution in [1.29, 1.82) is 0 Å². The number of carbonyl (C=O) groups excluding carboxylic acids is 1. The molecule has 1 N–H and O–H groups in total. The molecule has 0 amide bonds. The highest BCUT2D eigenvalue weighted by atomic mass is 35.5. The second-order valence-corrected chi connectivity index (χ2v) is 7.44. The van der Waals surface area contributed by atoms with Crippen LogP contribution in [0.5, 0.6) is 0 Å². The molecule has 0 saturated heterocycles. The molecule has 2 rings (SSSR count). The molecule has 0 aliphatic carbocycles. The Morgan fingerprint density at radius 1 is 1.12 bits per heavy atom. The molecule has 1 unspecified atom stereocenters. The number of halogens is 1. The number of hydrogen-bond acceptors (Lipinski definition) is 4. The first-order valence-electron chi connectivity index (χ1n) is 7.18. The number of ether oxygens (including phenoxy) is 1. The first-order chi connectivity index (χ1) is 11.3. The van der Waals surface area contributed by atoms with Crippen LogP contribution in [-0.2, 0) is 19.6 Å². The van der Waals surface area contributed by atoms with Crippen LogP contribution in [0.4, 0.5) is 0 Å². The third-order valence-electron chi connectivity index (χ3n) is 3.59. The number of esters is 1. The highest BCUT2D eigenvalue weighted by Crippen LogP contribution is 2.25. The number of sulfonamides is 1. The Balaban J connectivity index is 2.45. The van der Waals surface area contributed by atoms with E-state index < -0.39 is 22.0 Å². The Hall–Kier alpha value is -1.89. The molecule has 0 spiro atoms. The average Bonchev–Trinajstić information content (AvgIpc) is 2.56. The summed E-state index contributed by atoms with van der Waals surface area (Å²) in [6, 6.07) is 10.5. The highest BCUT2D eigenvalue weighted by molar-refractivity contribution is 7.89. The molecule has 0 fully saturated rings. The maximum Gasteiger partial charge on any atom is 0.328 e. The molecule has 5 nitrogen and oxygen atoms in total. The summed E-state index contributed by atoms with van der Waals surface area (Å²) < 4.78 is 32.7. The first kappa shape index (κ1) is 18.4. The summed E-state index contributed by atoms with van der Waals surface area (Å²) in [5, 5.41) is 0.485. The third-order valence-corrected chi connectivity index (χ3v) is 5.56. The number of benzene rings is 2. The van der Waals surface area contributed by atoms with E-state index in [9.17, 15) is 13.2 Å². The maximum atomic E-state index is 12.8. The Bertz CT molecular complexity index is 850. The predicted octanol–water partition coefficient (Wildman–Crippen LogP) is 3.15. The second kappa shape index (κ2) is 7.34. The normalized spacial score (nSPS) is 12.7. The van der Waals surface area contributed by atoms with E-state index in [4.69, 9.17) is 16.3 Å². The van der Waals surface area contributed by atoms with Crippen LogP contribution in [0.15, 0.2) is 47.4 Å². The summed E-state index contributed by atoms with van der Waals surface area (Å²) in [6.45, 7) is 3.37. The zero-order valence-corrected chi connectivity index (χ0v) is 15.1. The van der Waals surface area contributed by atoms with Gasteiger partial charge in [0.25, 0.3) is 0 Å². The molecule has 24 heavy (non-hydrogen) atoms. The minimum Gasteiger partial charge on any atom is -0.468 e. The minimum atomic E-state index is -3.94. The fraction of sp³-hybridized carbons (Fsp3) is 0.235. The first-order valence-corrected chi connectivity index (χ1v) is 9.04. The van der Waals surface area contributed by atoms with E-state index in [0.29, 0.717) is 21.7 Å². The summed E-state index contributed by atoms with van der Waals surface area (Å²) in [7, 11) is -2.73. The summed E-state index contributed by atoms with van der Waals surface area (Å²) in [4.78, 5) is 12.1. The van der Waals surface area contributed by atoms with Gasteiger partial charge >= 0.3 is 5.97 Å². The molecule has 0 bridgehead atoms. The lowest BCUT2D eigenvalue weighted by Crippen LogP contribution is -2.34. The van der Waals surface area contributed by atoms with Crippen molar-refractivity contribution in [1.82, 2.24) is 4.72 Å². The summed E-state index contributed by atoms with van der Waals surface area (Å²) in [5.41, 5.74) is 1.63. The summed E-state index contributed by atoms with van der Waals surface area (Å²) >= 11 is 6.02. The van der Waals surface area contributed by atoms with Gasteiger partial charge in [-0.15, -0.1) is 0 Å². The Kier molecular flexibility index (Phi) is 5.64. The van der Waals surface area contributed by atoms with Crippen LogP contribution < -0.4 is 4.72 Å². The van der Waals surface area contributed by atoms with Gasteiger partial charge in [-0.3, -0.25) is 0 Å². The smallest absolute Gasteiger partial charge is 0.328 e. The van der Waals surface area contributed by atoms with E-state index in [1.807, 2.05) is 0 Å². The van der Waals surface area contributed by atoms with E-state index in [1.165, 1.54) is 13.2 Å². The van der Waals surface area contributed by atoms with Crippen molar-refractivity contribution in [3.8, 4) is 0 Å². The van der Waals surface area contributed by atoms with Gasteiger partial charge in [-0.25, -0.2) is 13.2 Å². The van der Waals surface area contributed by atoms with Gasteiger partial charge in [-0.2, -0.15) is 4.72 Å². The van der Waals surface area contributed by atoms with Crippen molar-refractivity contribution in [2.75, 3.05) is 7.11 Å². The van der Waals surface area contributed by atoms with Gasteiger partial charge < -0.3 is 4.74 Å². The fourth-order valence-electron chi connectivity index (χ4n) is 2.28. The number of rotatable bonds is 5. The largest absolute Gasteiger partial charge is 0.468 e. The van der Waals surface area contributed by atoms with Crippen molar-refractivity contribution >= 4 is 27.6 Å². The number of hydrogen-bond donors (Lipinski definition) is 1. The Morgan fingerprint density at radius 3 is 2.33 bits per heavy atom. The molecule has 0 radical (unpaired) electrons. The molecule has 0 aliphatic heterocycles. The average molecular weight is 368 g/mol. The molecule has 0 aliphatic rings. The molecule has 2 aromatic carbocycles. The number of aryl methyl sites for hydroxylation is 2. The lowest BCUT2D eigenvalue weighted by Gasteiger charge is -2.18. The second-order valence-electron chi connectivity index (χ2n) is 5.36. The third kappa shape index (κ3) is 3.95. The molecule has 2 aromatic rings. The molecule has 128 valence electrons. The molecule has 1 atom stereocenters. The molecule has 0 saturated carbocycles. The van der Waals surface area contributed by atoms with E-state index in [-0.39, 0.29) is 4.90 Å². The lowest BCUT2D eigenvalue weighted by molar-refractivity contribution is -0.142. The maximum absolute atomic E-state index is 12.8. The zero-order valence-electron chi connectivity index (χ0n) is 13.5. The van der Waals surface area contributed by atoms with Crippen LogP contribution >= 0.6 is 11.6 Å². The SMILES string of the molecule is COC(=O)C(NS(=O)(=O)c1cc(C)c(Cl)cc1C)c1ccccc1. The summed E-state index contributed by atoms with van der Waals surface area (Å²) in [5.74, 6) is -0.687. The molecule has 0 aromatic heterocycles. The molecular weight excluding hydrogens is 350 g/mol. The van der Waals surface area contributed by atoms with E-state index in [1.54, 1.807) is 50.2 Å². The van der Waals surface area contributed by atoms with E-state index in [0.717, 1.165) is 0 Å². The standard InChI is InChI=1S/C17H18ClNO4S/c1-11-10-15(12(2)9-14(11)18)24(21,22)19-16(17(20)23-3)13-7-5-4-6-8-13/h4-10,16,19H,1-3H3. The molecule has 0 heterocycles. The van der Waals surface area contributed by atoms with Gasteiger partial charge in [-0.1, -0.05) is 41.9 Å². The zero-order chi connectivity index (χ0) is 17.9. The Morgan fingerprint density at radius 2 is 1.75 bits per heavy atom. The number of nitrogens with one attached hydrogen (secondary N) is 1. The van der Waals surface area contributed by atoms with Gasteiger partial charge in [0.05, 0.1) is 12.0 Å². The van der Waals surface area contributed by atoms with E-state index >= 15 is 0 Å². The van der Waals surface area contributed by atoms with Crippen LogP contribution in [0, 0.1) is 13.8 Å². The van der Waals surface area contributed by atoms with Gasteiger partial charge in [0, 0.05) is 5.02 Å². The van der Waals surface area contributed by atoms with Crippen molar-refractivity contribution in [2.45, 2.75) is 24.8 Å². The fourth-order valence-corrected chi connectivity index (χ4v) is 3.98. The predicted molar refractivity (Wildman–Crippen MR) is 92.4 cm³/mol. The lowest BCUT2D eigenvalue weighted by atomic mass is 10.1. The number of methoxy groups -OCH3 is 1. The van der Waals surface area contributed by atoms with Crippen LogP contribution in [0.3, 0.4) is 0 Å². The van der Waals surface area contributed by atoms with Gasteiger partial charge in [-0.05, 0) is 42.7 Å². The van der Waals surface area contributed by atoms with Gasteiger partial charge in [0.15, 0.2) is 0 Å². The topological polar surface area (TPSA) is 72.5 Å². The van der Waals surface area contributed by atoms with Crippen molar-refractivity contribution < 1.29 is 17.9 Å². The van der Waals surface area contributed by atoms with Crippen LogP contribution in [0.1, 0.15) is 22.7 Å². The highest BCUT2D eigenvalue weighted by Gasteiger charge is 2.29. The van der Waals surface area contributed by atoms with Crippen molar-refractivity contribution in [3.05, 3.63) is 64.2 Å². The van der Waals surface area contributed by atoms with E-state index in [2.05, 4.69) is 4.72 Å². The quantitative estimate of drug-likeness (QED) is 0.824. The Labute approximate surface area is 146 Å². The van der Waals surface area contributed by atoms with Gasteiger partial charge in [0.2, 0.25) is 10.0 Å². The van der Waals surface area contributed by atoms with Crippen molar-refractivity contribution in [3.63, 3.8) is 0 Å².